The molecule has 152 valence electrons. The van der Waals surface area contributed by atoms with Gasteiger partial charge in [0, 0.05) is 32.7 Å². The Morgan fingerprint density at radius 2 is 1.86 bits per heavy atom. The fourth-order valence-electron chi connectivity index (χ4n) is 4.02. The second kappa shape index (κ2) is 9.68. The van der Waals surface area contributed by atoms with Crippen LogP contribution in [0.25, 0.3) is 0 Å². The van der Waals surface area contributed by atoms with Crippen LogP contribution < -0.4 is 10.6 Å². The molecule has 2 aliphatic heterocycles. The lowest BCUT2D eigenvalue weighted by molar-refractivity contribution is 0.0652. The summed E-state index contributed by atoms with van der Waals surface area (Å²) < 4.78 is 0. The lowest BCUT2D eigenvalue weighted by atomic mass is 10.1. The first-order valence-corrected chi connectivity index (χ1v) is 10.3. The molecule has 2 amide bonds. The van der Waals surface area contributed by atoms with Gasteiger partial charge < -0.3 is 10.6 Å². The maximum Gasteiger partial charge on any atom is 0.261 e. The number of nitrogens with zero attached hydrogens (tertiary/aromatic N) is 3. The van der Waals surface area contributed by atoms with Crippen molar-refractivity contribution in [2.75, 3.05) is 39.8 Å². The van der Waals surface area contributed by atoms with E-state index in [0.717, 1.165) is 38.4 Å². The van der Waals surface area contributed by atoms with Crippen LogP contribution in [0.15, 0.2) is 29.3 Å². The maximum absolute atomic E-state index is 12.3. The second-order valence-electron chi connectivity index (χ2n) is 7.32. The van der Waals surface area contributed by atoms with Gasteiger partial charge in [-0.05, 0) is 50.9 Å². The van der Waals surface area contributed by atoms with Crippen LogP contribution in [-0.4, -0.2) is 73.4 Å². The van der Waals surface area contributed by atoms with Crippen molar-refractivity contribution in [3.63, 3.8) is 0 Å². The SMILES string of the molecule is CCN1CCCC1CNC(=NC)NCCCCN1C(=O)c2ccccc2C1=O. The third kappa shape index (κ3) is 4.52. The highest BCUT2D eigenvalue weighted by molar-refractivity contribution is 6.21. The normalized spacial score (nSPS) is 20.0. The molecule has 0 aliphatic carbocycles. The third-order valence-corrected chi connectivity index (χ3v) is 5.61. The van der Waals surface area contributed by atoms with Crippen LogP contribution in [0.5, 0.6) is 0 Å². The van der Waals surface area contributed by atoms with E-state index in [9.17, 15) is 9.59 Å². The maximum atomic E-state index is 12.3. The van der Waals surface area contributed by atoms with E-state index in [1.165, 1.54) is 24.3 Å². The molecule has 0 bridgehead atoms. The number of benzene rings is 1. The van der Waals surface area contributed by atoms with Crippen molar-refractivity contribution in [3.8, 4) is 0 Å². The molecule has 28 heavy (non-hydrogen) atoms. The molecule has 1 aromatic rings. The van der Waals surface area contributed by atoms with Crippen LogP contribution in [0, 0.1) is 0 Å². The number of amides is 2. The van der Waals surface area contributed by atoms with Crippen LogP contribution in [0.4, 0.5) is 0 Å². The molecule has 7 nitrogen and oxygen atoms in total. The van der Waals surface area contributed by atoms with Gasteiger partial charge in [-0.15, -0.1) is 0 Å². The minimum Gasteiger partial charge on any atom is -0.356 e. The number of rotatable bonds is 8. The van der Waals surface area contributed by atoms with Gasteiger partial charge in [0.2, 0.25) is 0 Å². The number of hydrogen-bond donors (Lipinski definition) is 2. The predicted octanol–water partition coefficient (Wildman–Crippen LogP) is 1.71. The highest BCUT2D eigenvalue weighted by Crippen LogP contribution is 2.22. The Morgan fingerprint density at radius 3 is 2.50 bits per heavy atom. The molecule has 1 saturated heterocycles. The molecule has 1 fully saturated rings. The summed E-state index contributed by atoms with van der Waals surface area (Å²) in [4.78, 5) is 32.8. The van der Waals surface area contributed by atoms with Crippen molar-refractivity contribution < 1.29 is 9.59 Å². The van der Waals surface area contributed by atoms with Gasteiger partial charge in [-0.25, -0.2) is 0 Å². The molecule has 1 atom stereocenters. The molecule has 0 aromatic heterocycles. The van der Waals surface area contributed by atoms with E-state index in [1.807, 2.05) is 0 Å². The zero-order chi connectivity index (χ0) is 19.9. The monoisotopic (exact) mass is 385 g/mol. The Hall–Kier alpha value is -2.41. The van der Waals surface area contributed by atoms with Crippen LogP contribution in [0.1, 0.15) is 53.3 Å². The lowest BCUT2D eigenvalue weighted by Crippen LogP contribution is -2.45. The number of carbonyl (C=O) groups is 2. The standard InChI is InChI=1S/C21H31N5O2/c1-3-25-13-8-9-16(25)15-24-21(22-2)23-12-6-7-14-26-19(27)17-10-4-5-11-18(17)20(26)28/h4-5,10-11,16H,3,6-9,12-15H2,1-2H3,(H2,22,23,24). The molecule has 1 aromatic carbocycles. The average Bonchev–Trinajstić information content (AvgIpc) is 3.28. The first kappa shape index (κ1) is 20.3. The molecular weight excluding hydrogens is 354 g/mol. The van der Waals surface area contributed by atoms with E-state index in [-0.39, 0.29) is 11.8 Å². The van der Waals surface area contributed by atoms with Gasteiger partial charge in [0.05, 0.1) is 11.1 Å². The lowest BCUT2D eigenvalue weighted by Gasteiger charge is -2.24. The Bertz CT molecular complexity index is 698. The summed E-state index contributed by atoms with van der Waals surface area (Å²) in [5.41, 5.74) is 1.03. The summed E-state index contributed by atoms with van der Waals surface area (Å²) in [6.45, 7) is 6.60. The summed E-state index contributed by atoms with van der Waals surface area (Å²) in [7, 11) is 1.78. The van der Waals surface area contributed by atoms with E-state index in [4.69, 9.17) is 0 Å². The fourth-order valence-corrected chi connectivity index (χ4v) is 4.02. The van der Waals surface area contributed by atoms with E-state index in [1.54, 1.807) is 31.3 Å². The number of carbonyl (C=O) groups excluding carboxylic acids is 2. The number of likely N-dealkylation sites (tertiary alicyclic amines) is 1. The van der Waals surface area contributed by atoms with Gasteiger partial charge >= 0.3 is 0 Å². The summed E-state index contributed by atoms with van der Waals surface area (Å²) >= 11 is 0. The Balaban J connectivity index is 1.35. The quantitative estimate of drug-likeness (QED) is 0.308. The molecule has 2 heterocycles. The minimum absolute atomic E-state index is 0.178. The molecule has 2 aliphatic rings. The van der Waals surface area contributed by atoms with E-state index >= 15 is 0 Å². The molecule has 1 unspecified atom stereocenters. The van der Waals surface area contributed by atoms with Crippen LogP contribution in [-0.2, 0) is 0 Å². The first-order valence-electron chi connectivity index (χ1n) is 10.3. The number of guanidine groups is 1. The fraction of sp³-hybridized carbons (Fsp3) is 0.571. The average molecular weight is 386 g/mol. The number of imide groups is 1. The zero-order valence-electron chi connectivity index (χ0n) is 16.9. The Morgan fingerprint density at radius 1 is 1.14 bits per heavy atom. The number of nitrogens with one attached hydrogen (secondary N) is 2. The van der Waals surface area contributed by atoms with Crippen molar-refractivity contribution in [1.29, 1.82) is 0 Å². The predicted molar refractivity (Wildman–Crippen MR) is 111 cm³/mol. The zero-order valence-corrected chi connectivity index (χ0v) is 16.9. The summed E-state index contributed by atoms with van der Waals surface area (Å²) in [5, 5.41) is 6.74. The van der Waals surface area contributed by atoms with Crippen molar-refractivity contribution in [2.45, 2.75) is 38.6 Å². The molecule has 7 heteroatoms. The van der Waals surface area contributed by atoms with Crippen molar-refractivity contribution in [1.82, 2.24) is 20.4 Å². The van der Waals surface area contributed by atoms with E-state index < -0.39 is 0 Å². The third-order valence-electron chi connectivity index (χ3n) is 5.61. The smallest absolute Gasteiger partial charge is 0.261 e. The summed E-state index contributed by atoms with van der Waals surface area (Å²) in [5.74, 6) is 0.454. The van der Waals surface area contributed by atoms with Gasteiger partial charge in [-0.3, -0.25) is 24.4 Å². The topological polar surface area (TPSA) is 77.0 Å². The van der Waals surface area contributed by atoms with Gasteiger partial charge in [0.15, 0.2) is 5.96 Å². The second-order valence-corrected chi connectivity index (χ2v) is 7.32. The van der Waals surface area contributed by atoms with Gasteiger partial charge in [-0.2, -0.15) is 0 Å². The van der Waals surface area contributed by atoms with E-state index in [2.05, 4.69) is 27.4 Å². The number of unbranched alkanes of at least 4 members (excludes halogenated alkanes) is 1. The van der Waals surface area contributed by atoms with E-state index in [0.29, 0.717) is 23.7 Å². The molecule has 2 N–H and O–H groups in total. The first-order chi connectivity index (χ1) is 13.7. The largest absolute Gasteiger partial charge is 0.356 e. The van der Waals surface area contributed by atoms with Gasteiger partial charge in [0.25, 0.3) is 11.8 Å². The van der Waals surface area contributed by atoms with Crippen molar-refractivity contribution in [3.05, 3.63) is 35.4 Å². The minimum atomic E-state index is -0.178. The number of hydrogen-bond acceptors (Lipinski definition) is 4. The number of aliphatic imine (C=N–C) groups is 1. The Kier molecular flexibility index (Phi) is 7.03. The number of likely N-dealkylation sites (N-methyl/N-ethyl adjacent to an activating group) is 1. The molecule has 0 saturated carbocycles. The van der Waals surface area contributed by atoms with Gasteiger partial charge in [0.1, 0.15) is 0 Å². The molecule has 0 spiro atoms. The van der Waals surface area contributed by atoms with Crippen LogP contribution >= 0.6 is 0 Å². The Labute approximate surface area is 167 Å². The highest BCUT2D eigenvalue weighted by Gasteiger charge is 2.34. The van der Waals surface area contributed by atoms with Gasteiger partial charge in [-0.1, -0.05) is 19.1 Å². The molecular formula is C21H31N5O2. The van der Waals surface area contributed by atoms with Crippen LogP contribution in [0.3, 0.4) is 0 Å². The molecule has 0 radical (unpaired) electrons. The van der Waals surface area contributed by atoms with Crippen molar-refractivity contribution in [2.24, 2.45) is 4.99 Å². The van der Waals surface area contributed by atoms with Crippen LogP contribution in [0.2, 0.25) is 0 Å². The summed E-state index contributed by atoms with van der Waals surface area (Å²) in [6.07, 6.45) is 4.13. The summed E-state index contributed by atoms with van der Waals surface area (Å²) in [6, 6.07) is 7.61. The van der Waals surface area contributed by atoms with Crippen molar-refractivity contribution >= 4 is 17.8 Å². The highest BCUT2D eigenvalue weighted by atomic mass is 16.2. The molecule has 3 rings (SSSR count). The number of fused-ring (bicyclic) bond motifs is 1.